The number of benzene rings is 2. The van der Waals surface area contributed by atoms with Crippen molar-refractivity contribution in [1.82, 2.24) is 4.90 Å². The molecule has 1 heterocycles. The summed E-state index contributed by atoms with van der Waals surface area (Å²) < 4.78 is 0. The quantitative estimate of drug-likeness (QED) is 0.906. The molecule has 1 aliphatic heterocycles. The molecule has 2 aromatic rings. The van der Waals surface area contributed by atoms with Gasteiger partial charge in [0.1, 0.15) is 0 Å². The van der Waals surface area contributed by atoms with E-state index in [9.17, 15) is 0 Å². The fourth-order valence-corrected chi connectivity index (χ4v) is 2.97. The van der Waals surface area contributed by atoms with Crippen LogP contribution in [0, 0.1) is 0 Å². The maximum Gasteiger partial charge on any atom is 0.0303 e. The summed E-state index contributed by atoms with van der Waals surface area (Å²) in [7, 11) is 0. The highest BCUT2D eigenvalue weighted by Crippen LogP contribution is 2.34. The number of rotatable bonds is 4. The minimum absolute atomic E-state index is 0.475. The van der Waals surface area contributed by atoms with Gasteiger partial charge in [0.05, 0.1) is 0 Å². The third kappa shape index (κ3) is 2.55. The molecule has 3 rings (SSSR count). The molecule has 1 fully saturated rings. The van der Waals surface area contributed by atoms with Crippen molar-refractivity contribution in [1.29, 1.82) is 0 Å². The Bertz CT molecular complexity index is 509. The molecule has 2 N–H and O–H groups in total. The lowest BCUT2D eigenvalue weighted by atomic mass is 9.82. The highest BCUT2D eigenvalue weighted by atomic mass is 15.2. The molecule has 0 unspecified atom stereocenters. The standard InChI is InChI=1S/C17H20N2/c18-11-17-16(15-9-5-2-6-10-15)13-19(17)12-14-7-3-1-4-8-14/h1-10,16-17H,11-13,18H2/t16-,17-/m0/s1. The maximum atomic E-state index is 5.96. The van der Waals surface area contributed by atoms with E-state index in [-0.39, 0.29) is 0 Å². The lowest BCUT2D eigenvalue weighted by Crippen LogP contribution is -2.57. The normalized spacial score (nSPS) is 23.0. The first-order chi connectivity index (χ1) is 9.38. The molecule has 0 aromatic heterocycles. The van der Waals surface area contributed by atoms with E-state index in [4.69, 9.17) is 5.73 Å². The summed E-state index contributed by atoms with van der Waals surface area (Å²) in [4.78, 5) is 2.48. The summed E-state index contributed by atoms with van der Waals surface area (Å²) in [6.07, 6.45) is 0. The van der Waals surface area contributed by atoms with Gasteiger partial charge in [-0.2, -0.15) is 0 Å². The van der Waals surface area contributed by atoms with Gasteiger partial charge >= 0.3 is 0 Å². The van der Waals surface area contributed by atoms with Crippen molar-refractivity contribution in [2.24, 2.45) is 5.73 Å². The number of likely N-dealkylation sites (tertiary alicyclic amines) is 1. The van der Waals surface area contributed by atoms with E-state index in [1.165, 1.54) is 11.1 Å². The molecule has 2 aromatic carbocycles. The maximum absolute atomic E-state index is 5.96. The molecule has 2 atom stereocenters. The Balaban J connectivity index is 1.68. The van der Waals surface area contributed by atoms with Crippen molar-refractivity contribution in [3.8, 4) is 0 Å². The van der Waals surface area contributed by atoms with E-state index in [2.05, 4.69) is 65.6 Å². The van der Waals surface area contributed by atoms with Gasteiger partial charge in [-0.25, -0.2) is 0 Å². The van der Waals surface area contributed by atoms with Gasteiger partial charge in [-0.15, -0.1) is 0 Å². The number of hydrogen-bond acceptors (Lipinski definition) is 2. The van der Waals surface area contributed by atoms with Crippen molar-refractivity contribution < 1.29 is 0 Å². The summed E-state index contributed by atoms with van der Waals surface area (Å²) in [5.74, 6) is 0.593. The third-order valence-electron chi connectivity index (χ3n) is 4.06. The minimum atomic E-state index is 0.475. The third-order valence-corrected chi connectivity index (χ3v) is 4.06. The van der Waals surface area contributed by atoms with Crippen LogP contribution in [0.4, 0.5) is 0 Å². The Morgan fingerprint density at radius 2 is 1.58 bits per heavy atom. The predicted molar refractivity (Wildman–Crippen MR) is 78.9 cm³/mol. The number of hydrogen-bond donors (Lipinski definition) is 1. The van der Waals surface area contributed by atoms with Crippen molar-refractivity contribution in [2.75, 3.05) is 13.1 Å². The molecule has 0 aliphatic carbocycles. The summed E-state index contributed by atoms with van der Waals surface area (Å²) in [5, 5.41) is 0. The van der Waals surface area contributed by atoms with Gasteiger partial charge in [-0.1, -0.05) is 60.7 Å². The van der Waals surface area contributed by atoms with E-state index in [1.54, 1.807) is 0 Å². The minimum Gasteiger partial charge on any atom is -0.329 e. The summed E-state index contributed by atoms with van der Waals surface area (Å²) in [5.41, 5.74) is 8.75. The van der Waals surface area contributed by atoms with Crippen LogP contribution < -0.4 is 5.73 Å². The Morgan fingerprint density at radius 3 is 2.21 bits per heavy atom. The SMILES string of the molecule is NC[C@H]1[C@H](c2ccccc2)CN1Cc1ccccc1. The average molecular weight is 252 g/mol. The zero-order valence-electron chi connectivity index (χ0n) is 11.1. The summed E-state index contributed by atoms with van der Waals surface area (Å²) in [6.45, 7) is 2.85. The first-order valence-corrected chi connectivity index (χ1v) is 6.91. The first-order valence-electron chi connectivity index (χ1n) is 6.91. The van der Waals surface area contributed by atoms with Crippen LogP contribution in [-0.4, -0.2) is 24.0 Å². The van der Waals surface area contributed by atoms with Gasteiger partial charge in [0, 0.05) is 31.6 Å². The van der Waals surface area contributed by atoms with Gasteiger partial charge in [0.15, 0.2) is 0 Å². The molecule has 98 valence electrons. The molecule has 1 aliphatic rings. The zero-order valence-corrected chi connectivity index (χ0v) is 11.1. The van der Waals surface area contributed by atoms with Crippen LogP contribution >= 0.6 is 0 Å². The second-order valence-corrected chi connectivity index (χ2v) is 5.24. The average Bonchev–Trinajstić information content (AvgIpc) is 2.45. The van der Waals surface area contributed by atoms with Gasteiger partial charge in [-0.3, -0.25) is 4.90 Å². The molecule has 0 bridgehead atoms. The molecule has 0 spiro atoms. The molecular formula is C17H20N2. The van der Waals surface area contributed by atoms with E-state index in [1.807, 2.05) is 0 Å². The van der Waals surface area contributed by atoms with E-state index in [0.717, 1.165) is 19.6 Å². The van der Waals surface area contributed by atoms with Gasteiger partial charge in [0.25, 0.3) is 0 Å². The van der Waals surface area contributed by atoms with E-state index < -0.39 is 0 Å². The van der Waals surface area contributed by atoms with Crippen molar-refractivity contribution in [2.45, 2.75) is 18.5 Å². The van der Waals surface area contributed by atoms with E-state index in [0.29, 0.717) is 12.0 Å². The Morgan fingerprint density at radius 1 is 0.947 bits per heavy atom. The molecule has 2 nitrogen and oxygen atoms in total. The number of nitrogens with zero attached hydrogens (tertiary/aromatic N) is 1. The smallest absolute Gasteiger partial charge is 0.0303 e. The summed E-state index contributed by atoms with van der Waals surface area (Å²) in [6, 6.07) is 21.8. The van der Waals surface area contributed by atoms with Gasteiger partial charge < -0.3 is 5.73 Å². The van der Waals surface area contributed by atoms with Crippen LogP contribution in [0.1, 0.15) is 17.0 Å². The molecule has 0 amide bonds. The van der Waals surface area contributed by atoms with Crippen molar-refractivity contribution in [3.63, 3.8) is 0 Å². The van der Waals surface area contributed by atoms with Crippen molar-refractivity contribution >= 4 is 0 Å². The number of nitrogens with two attached hydrogens (primary N) is 1. The molecule has 2 heteroatoms. The molecule has 1 saturated heterocycles. The van der Waals surface area contributed by atoms with Crippen LogP contribution in [0.25, 0.3) is 0 Å². The first kappa shape index (κ1) is 12.4. The van der Waals surface area contributed by atoms with Crippen molar-refractivity contribution in [3.05, 3.63) is 71.8 Å². The van der Waals surface area contributed by atoms with Crippen LogP contribution in [0.5, 0.6) is 0 Å². The van der Waals surface area contributed by atoms with Crippen LogP contribution in [0.15, 0.2) is 60.7 Å². The van der Waals surface area contributed by atoms with Gasteiger partial charge in [0.2, 0.25) is 0 Å². The topological polar surface area (TPSA) is 29.3 Å². The molecule has 0 saturated carbocycles. The Kier molecular flexibility index (Phi) is 3.62. The fourth-order valence-electron chi connectivity index (χ4n) is 2.97. The molecular weight excluding hydrogens is 232 g/mol. The summed E-state index contributed by atoms with van der Waals surface area (Å²) >= 11 is 0. The highest BCUT2D eigenvalue weighted by molar-refractivity contribution is 5.26. The van der Waals surface area contributed by atoms with Crippen LogP contribution in [-0.2, 0) is 6.54 Å². The van der Waals surface area contributed by atoms with Gasteiger partial charge in [-0.05, 0) is 11.1 Å². The van der Waals surface area contributed by atoms with E-state index >= 15 is 0 Å². The lowest BCUT2D eigenvalue weighted by molar-refractivity contribution is 0.0571. The second kappa shape index (κ2) is 5.55. The molecule has 19 heavy (non-hydrogen) atoms. The Hall–Kier alpha value is -1.64. The van der Waals surface area contributed by atoms with Crippen LogP contribution in [0.3, 0.4) is 0 Å². The monoisotopic (exact) mass is 252 g/mol. The Labute approximate surface area is 114 Å². The fraction of sp³-hybridized carbons (Fsp3) is 0.294. The van der Waals surface area contributed by atoms with Crippen LogP contribution in [0.2, 0.25) is 0 Å². The highest BCUT2D eigenvalue weighted by Gasteiger charge is 2.38. The lowest BCUT2D eigenvalue weighted by Gasteiger charge is -2.48. The second-order valence-electron chi connectivity index (χ2n) is 5.24. The molecule has 0 radical (unpaired) electrons. The predicted octanol–water partition coefficient (Wildman–Crippen LogP) is 2.61. The zero-order chi connectivity index (χ0) is 13.1. The largest absolute Gasteiger partial charge is 0.329 e.